The van der Waals surface area contributed by atoms with Crippen molar-refractivity contribution in [2.75, 3.05) is 45.8 Å². The van der Waals surface area contributed by atoms with E-state index in [9.17, 15) is 14.4 Å². The Kier molecular flexibility index (Phi) is 7.22. The summed E-state index contributed by atoms with van der Waals surface area (Å²) in [6.45, 7) is 5.59. The van der Waals surface area contributed by atoms with Gasteiger partial charge in [-0.05, 0) is 25.2 Å². The number of allylic oxidation sites excluding steroid dienone is 4. The summed E-state index contributed by atoms with van der Waals surface area (Å²) in [4.78, 5) is 43.2. The standard InChI is InChI=1S/C24H34N4O3/c29-22-9-7-19(17-25-22)8-10-23(30)28-12-11-21(18-28)26-13-15-27(16-14-26)24(31)20-5-3-1-2-4-6-20/h1-6,19-21H,7-18H2,(H,25,29). The molecule has 168 valence electrons. The van der Waals surface area contributed by atoms with E-state index in [1.165, 1.54) is 0 Å². The molecule has 7 heteroatoms. The third-order valence-corrected chi connectivity index (χ3v) is 7.05. The van der Waals surface area contributed by atoms with E-state index < -0.39 is 0 Å². The van der Waals surface area contributed by atoms with Crippen LogP contribution in [0.4, 0.5) is 0 Å². The normalized spacial score (nSPS) is 27.4. The Balaban J connectivity index is 1.18. The second-order valence-corrected chi connectivity index (χ2v) is 9.07. The van der Waals surface area contributed by atoms with Gasteiger partial charge in [-0.15, -0.1) is 0 Å². The minimum absolute atomic E-state index is 0.130. The molecule has 4 rings (SSSR count). The number of rotatable bonds is 5. The monoisotopic (exact) mass is 426 g/mol. The van der Waals surface area contributed by atoms with Crippen molar-refractivity contribution in [3.8, 4) is 0 Å². The van der Waals surface area contributed by atoms with Gasteiger partial charge in [-0.1, -0.05) is 36.5 Å². The Morgan fingerprint density at radius 2 is 1.68 bits per heavy atom. The lowest BCUT2D eigenvalue weighted by atomic mass is 9.94. The molecule has 0 aromatic carbocycles. The first kappa shape index (κ1) is 21.8. The lowest BCUT2D eigenvalue weighted by Gasteiger charge is -2.38. The molecule has 3 amide bonds. The van der Waals surface area contributed by atoms with Crippen LogP contribution in [0.25, 0.3) is 0 Å². The summed E-state index contributed by atoms with van der Waals surface area (Å²) in [6.07, 6.45) is 15.6. The SMILES string of the molecule is O=C1CCC(CCC(=O)N2CCC(N3CCN(C(=O)C4C=CC=CC=C4)CC3)C2)CN1. The van der Waals surface area contributed by atoms with Crippen molar-refractivity contribution >= 4 is 17.7 Å². The van der Waals surface area contributed by atoms with Crippen molar-refractivity contribution in [3.05, 3.63) is 36.5 Å². The topological polar surface area (TPSA) is 73.0 Å². The number of carbonyl (C=O) groups excluding carboxylic acids is 3. The van der Waals surface area contributed by atoms with Crippen molar-refractivity contribution in [2.45, 2.75) is 38.1 Å². The average molecular weight is 427 g/mol. The van der Waals surface area contributed by atoms with Crippen LogP contribution >= 0.6 is 0 Å². The van der Waals surface area contributed by atoms with Gasteiger partial charge in [0.1, 0.15) is 0 Å². The zero-order valence-corrected chi connectivity index (χ0v) is 18.2. The smallest absolute Gasteiger partial charge is 0.233 e. The van der Waals surface area contributed by atoms with Gasteiger partial charge in [0.25, 0.3) is 0 Å². The first-order valence-electron chi connectivity index (χ1n) is 11.7. The first-order chi connectivity index (χ1) is 15.1. The maximum atomic E-state index is 12.8. The number of hydrogen-bond donors (Lipinski definition) is 1. The molecule has 0 saturated carbocycles. The van der Waals surface area contributed by atoms with Gasteiger partial charge in [0.05, 0.1) is 5.92 Å². The van der Waals surface area contributed by atoms with Crippen LogP contribution in [0.5, 0.6) is 0 Å². The minimum Gasteiger partial charge on any atom is -0.356 e. The molecule has 3 heterocycles. The third kappa shape index (κ3) is 5.64. The Labute approximate surface area is 184 Å². The molecule has 0 bridgehead atoms. The molecule has 1 aliphatic carbocycles. The molecule has 0 aromatic rings. The molecule has 7 nitrogen and oxygen atoms in total. The van der Waals surface area contributed by atoms with Gasteiger partial charge >= 0.3 is 0 Å². The average Bonchev–Trinajstić information content (AvgIpc) is 3.14. The molecule has 3 fully saturated rings. The van der Waals surface area contributed by atoms with Gasteiger partial charge in [-0.2, -0.15) is 0 Å². The highest BCUT2D eigenvalue weighted by Crippen LogP contribution is 2.22. The molecule has 2 unspecified atom stereocenters. The predicted octanol–water partition coefficient (Wildman–Crippen LogP) is 1.34. The zero-order valence-electron chi connectivity index (χ0n) is 18.2. The van der Waals surface area contributed by atoms with Crippen molar-refractivity contribution < 1.29 is 14.4 Å². The van der Waals surface area contributed by atoms with Crippen LogP contribution < -0.4 is 5.32 Å². The van der Waals surface area contributed by atoms with E-state index in [1.54, 1.807) is 0 Å². The van der Waals surface area contributed by atoms with E-state index in [0.717, 1.165) is 58.5 Å². The van der Waals surface area contributed by atoms with Gasteiger partial charge in [0.15, 0.2) is 0 Å². The summed E-state index contributed by atoms with van der Waals surface area (Å²) in [5.74, 6) is 0.816. The molecule has 3 aliphatic heterocycles. The summed E-state index contributed by atoms with van der Waals surface area (Å²) in [5.41, 5.74) is 0. The van der Waals surface area contributed by atoms with Crippen LogP contribution in [0.1, 0.15) is 32.1 Å². The molecule has 3 saturated heterocycles. The number of nitrogens with one attached hydrogen (secondary N) is 1. The molecule has 4 aliphatic rings. The van der Waals surface area contributed by atoms with E-state index in [2.05, 4.69) is 10.2 Å². The highest BCUT2D eigenvalue weighted by Gasteiger charge is 2.33. The first-order valence-corrected chi connectivity index (χ1v) is 11.7. The number of nitrogens with zero attached hydrogens (tertiary/aromatic N) is 3. The molecule has 0 spiro atoms. The van der Waals surface area contributed by atoms with E-state index in [-0.39, 0.29) is 23.6 Å². The Hall–Kier alpha value is -2.41. The van der Waals surface area contributed by atoms with Gasteiger partial charge in [-0.25, -0.2) is 0 Å². The van der Waals surface area contributed by atoms with Gasteiger partial charge in [0.2, 0.25) is 17.7 Å². The predicted molar refractivity (Wildman–Crippen MR) is 119 cm³/mol. The highest BCUT2D eigenvalue weighted by molar-refractivity contribution is 5.82. The van der Waals surface area contributed by atoms with Crippen LogP contribution in [0.2, 0.25) is 0 Å². The summed E-state index contributed by atoms with van der Waals surface area (Å²) >= 11 is 0. The van der Waals surface area contributed by atoms with E-state index >= 15 is 0 Å². The quantitative estimate of drug-likeness (QED) is 0.720. The van der Waals surface area contributed by atoms with Crippen molar-refractivity contribution in [3.63, 3.8) is 0 Å². The molecule has 1 N–H and O–H groups in total. The number of piperazine rings is 1. The van der Waals surface area contributed by atoms with Crippen LogP contribution in [-0.2, 0) is 14.4 Å². The summed E-state index contributed by atoms with van der Waals surface area (Å²) in [7, 11) is 0. The number of carbonyl (C=O) groups is 3. The number of hydrogen-bond acceptors (Lipinski definition) is 4. The second kappa shape index (κ2) is 10.3. The zero-order chi connectivity index (χ0) is 21.6. The largest absolute Gasteiger partial charge is 0.356 e. The van der Waals surface area contributed by atoms with Crippen molar-refractivity contribution in [1.29, 1.82) is 0 Å². The molecule has 31 heavy (non-hydrogen) atoms. The summed E-state index contributed by atoms with van der Waals surface area (Å²) in [5, 5.41) is 2.90. The maximum Gasteiger partial charge on any atom is 0.233 e. The Bertz CT molecular complexity index is 741. The molecular weight excluding hydrogens is 392 g/mol. The van der Waals surface area contributed by atoms with Crippen LogP contribution in [0.15, 0.2) is 36.5 Å². The summed E-state index contributed by atoms with van der Waals surface area (Å²) < 4.78 is 0. The highest BCUT2D eigenvalue weighted by atomic mass is 16.2. The molecule has 0 radical (unpaired) electrons. The number of piperidine rings is 1. The van der Waals surface area contributed by atoms with Gasteiger partial charge in [0, 0.05) is 64.7 Å². The number of likely N-dealkylation sites (tertiary alicyclic amines) is 1. The van der Waals surface area contributed by atoms with Crippen LogP contribution in [0.3, 0.4) is 0 Å². The second-order valence-electron chi connectivity index (χ2n) is 9.07. The van der Waals surface area contributed by atoms with Crippen molar-refractivity contribution in [2.24, 2.45) is 11.8 Å². The number of amides is 3. The fourth-order valence-electron chi connectivity index (χ4n) is 5.03. The van der Waals surface area contributed by atoms with E-state index in [4.69, 9.17) is 0 Å². The summed E-state index contributed by atoms with van der Waals surface area (Å²) in [6, 6.07) is 0.400. The molecule has 2 atom stereocenters. The minimum atomic E-state index is -0.168. The third-order valence-electron chi connectivity index (χ3n) is 7.05. The Morgan fingerprint density at radius 3 is 2.35 bits per heavy atom. The molecule has 0 aromatic heterocycles. The maximum absolute atomic E-state index is 12.8. The van der Waals surface area contributed by atoms with E-state index in [1.807, 2.05) is 46.3 Å². The lowest BCUT2D eigenvalue weighted by Crippen LogP contribution is -2.53. The van der Waals surface area contributed by atoms with Gasteiger partial charge in [-0.3, -0.25) is 19.3 Å². The van der Waals surface area contributed by atoms with Crippen LogP contribution in [-0.4, -0.2) is 84.3 Å². The van der Waals surface area contributed by atoms with Crippen molar-refractivity contribution in [1.82, 2.24) is 20.0 Å². The van der Waals surface area contributed by atoms with Gasteiger partial charge < -0.3 is 15.1 Å². The fourth-order valence-corrected chi connectivity index (χ4v) is 5.03. The fraction of sp³-hybridized carbons (Fsp3) is 0.625. The van der Waals surface area contributed by atoms with E-state index in [0.29, 0.717) is 31.3 Å². The lowest BCUT2D eigenvalue weighted by molar-refractivity contribution is -0.134. The van der Waals surface area contributed by atoms with Crippen LogP contribution in [0, 0.1) is 11.8 Å². The molecular formula is C24H34N4O3. The Morgan fingerprint density at radius 1 is 0.935 bits per heavy atom.